The summed E-state index contributed by atoms with van der Waals surface area (Å²) in [5, 5.41) is 3.22. The van der Waals surface area contributed by atoms with Crippen LogP contribution in [0.5, 0.6) is 0 Å². The Hall–Kier alpha value is -0.530. The molecule has 0 saturated heterocycles. The second-order valence-electron chi connectivity index (χ2n) is 6.85. The maximum atomic E-state index is 11.8. The Bertz CT molecular complexity index is 242. The van der Waals surface area contributed by atoms with Crippen molar-refractivity contribution < 1.29 is 4.79 Å². The van der Waals surface area contributed by atoms with E-state index in [1.165, 1.54) is 25.7 Å². The average Bonchev–Trinajstić information content (AvgIpc) is 2.19. The monoisotopic (exact) mass is 239 g/mol. The van der Waals surface area contributed by atoms with Crippen molar-refractivity contribution in [2.75, 3.05) is 0 Å². The molecule has 0 aromatic rings. The van der Waals surface area contributed by atoms with Crippen LogP contribution in [0.2, 0.25) is 0 Å². The van der Waals surface area contributed by atoms with Gasteiger partial charge in [0, 0.05) is 12.5 Å². The first-order valence-corrected chi connectivity index (χ1v) is 7.18. The van der Waals surface area contributed by atoms with Gasteiger partial charge in [-0.3, -0.25) is 4.79 Å². The number of hydrogen-bond donors (Lipinski definition) is 1. The number of rotatable bonds is 4. The van der Waals surface area contributed by atoms with Crippen molar-refractivity contribution >= 4 is 5.91 Å². The van der Waals surface area contributed by atoms with Gasteiger partial charge in [0.05, 0.1) is 0 Å². The molecule has 1 amide bonds. The molecule has 0 aromatic heterocycles. The summed E-state index contributed by atoms with van der Waals surface area (Å²) < 4.78 is 0. The number of nitrogens with one attached hydrogen (secondary N) is 1. The summed E-state index contributed by atoms with van der Waals surface area (Å²) in [4.78, 5) is 11.8. The van der Waals surface area contributed by atoms with Crippen LogP contribution >= 0.6 is 0 Å². The van der Waals surface area contributed by atoms with E-state index in [1.807, 2.05) is 0 Å². The highest BCUT2D eigenvalue weighted by Gasteiger charge is 2.22. The predicted molar refractivity (Wildman–Crippen MR) is 72.9 cm³/mol. The van der Waals surface area contributed by atoms with E-state index in [-0.39, 0.29) is 5.91 Å². The topological polar surface area (TPSA) is 29.1 Å². The summed E-state index contributed by atoms with van der Waals surface area (Å²) in [6.07, 6.45) is 7.88. The van der Waals surface area contributed by atoms with Gasteiger partial charge in [0.25, 0.3) is 0 Å². The van der Waals surface area contributed by atoms with Crippen molar-refractivity contribution in [2.24, 2.45) is 11.3 Å². The van der Waals surface area contributed by atoms with E-state index in [2.05, 4.69) is 33.0 Å². The van der Waals surface area contributed by atoms with Gasteiger partial charge in [-0.2, -0.15) is 0 Å². The largest absolute Gasteiger partial charge is 0.353 e. The minimum absolute atomic E-state index is 0.257. The molecule has 0 spiro atoms. The van der Waals surface area contributed by atoms with Crippen LogP contribution in [0.25, 0.3) is 0 Å². The highest BCUT2D eigenvalue weighted by atomic mass is 16.1. The first kappa shape index (κ1) is 14.5. The molecule has 0 aromatic carbocycles. The van der Waals surface area contributed by atoms with Crippen LogP contribution < -0.4 is 5.32 Å². The van der Waals surface area contributed by atoms with E-state index in [0.717, 1.165) is 12.8 Å². The third kappa shape index (κ3) is 6.09. The smallest absolute Gasteiger partial charge is 0.220 e. The SMILES string of the molecule is CC1CCCCC1NC(=O)CCCC(C)(C)C. The zero-order chi connectivity index (χ0) is 12.9. The fourth-order valence-corrected chi connectivity index (χ4v) is 2.59. The molecule has 1 saturated carbocycles. The van der Waals surface area contributed by atoms with Gasteiger partial charge in [-0.1, -0.05) is 40.5 Å². The van der Waals surface area contributed by atoms with E-state index >= 15 is 0 Å². The molecule has 2 unspecified atom stereocenters. The van der Waals surface area contributed by atoms with Crippen molar-refractivity contribution in [3.8, 4) is 0 Å². The van der Waals surface area contributed by atoms with Gasteiger partial charge in [0.15, 0.2) is 0 Å². The van der Waals surface area contributed by atoms with E-state index < -0.39 is 0 Å². The standard InChI is InChI=1S/C15H29NO/c1-12-8-5-6-9-13(12)16-14(17)10-7-11-15(2,3)4/h12-13H,5-11H2,1-4H3,(H,16,17). The Balaban J connectivity index is 2.20. The van der Waals surface area contributed by atoms with Crippen molar-refractivity contribution in [2.45, 2.75) is 78.7 Å². The fraction of sp³-hybridized carbons (Fsp3) is 0.933. The molecule has 1 aliphatic carbocycles. The van der Waals surface area contributed by atoms with E-state index in [0.29, 0.717) is 23.8 Å². The van der Waals surface area contributed by atoms with E-state index in [1.54, 1.807) is 0 Å². The van der Waals surface area contributed by atoms with Crippen molar-refractivity contribution in [3.63, 3.8) is 0 Å². The van der Waals surface area contributed by atoms with Crippen molar-refractivity contribution in [1.29, 1.82) is 0 Å². The van der Waals surface area contributed by atoms with Gasteiger partial charge in [-0.05, 0) is 37.0 Å². The van der Waals surface area contributed by atoms with Crippen LogP contribution in [0.15, 0.2) is 0 Å². The molecular weight excluding hydrogens is 210 g/mol. The summed E-state index contributed by atoms with van der Waals surface area (Å²) >= 11 is 0. The second-order valence-corrected chi connectivity index (χ2v) is 6.85. The van der Waals surface area contributed by atoms with Crippen molar-refractivity contribution in [1.82, 2.24) is 5.32 Å². The van der Waals surface area contributed by atoms with Crippen molar-refractivity contribution in [3.05, 3.63) is 0 Å². The summed E-state index contributed by atoms with van der Waals surface area (Å²) in [6.45, 7) is 8.95. The van der Waals surface area contributed by atoms with Crippen LogP contribution in [0, 0.1) is 11.3 Å². The Kier molecular flexibility index (Phi) is 5.48. The van der Waals surface area contributed by atoms with E-state index in [9.17, 15) is 4.79 Å². The average molecular weight is 239 g/mol. The van der Waals surface area contributed by atoms with Crippen LogP contribution in [0.3, 0.4) is 0 Å². The van der Waals surface area contributed by atoms with Crippen LogP contribution in [-0.4, -0.2) is 11.9 Å². The summed E-state index contributed by atoms with van der Waals surface area (Å²) in [5.41, 5.74) is 0.346. The molecule has 1 rings (SSSR count). The quantitative estimate of drug-likeness (QED) is 0.792. The molecule has 2 heteroatoms. The first-order valence-electron chi connectivity index (χ1n) is 7.18. The second kappa shape index (κ2) is 6.42. The molecule has 1 fully saturated rings. The van der Waals surface area contributed by atoms with E-state index in [4.69, 9.17) is 0 Å². The molecule has 0 radical (unpaired) electrons. The molecule has 0 aliphatic heterocycles. The maximum absolute atomic E-state index is 11.8. The molecule has 0 heterocycles. The van der Waals surface area contributed by atoms with Gasteiger partial charge in [0.1, 0.15) is 0 Å². The third-order valence-corrected chi connectivity index (χ3v) is 3.79. The zero-order valence-electron chi connectivity index (χ0n) is 12.0. The molecular formula is C15H29NO. The maximum Gasteiger partial charge on any atom is 0.220 e. The minimum Gasteiger partial charge on any atom is -0.353 e. The molecule has 0 bridgehead atoms. The summed E-state index contributed by atoms with van der Waals surface area (Å²) in [7, 11) is 0. The van der Waals surface area contributed by atoms with Gasteiger partial charge >= 0.3 is 0 Å². The number of carbonyl (C=O) groups is 1. The zero-order valence-corrected chi connectivity index (χ0v) is 12.0. The van der Waals surface area contributed by atoms with Crippen LogP contribution in [0.4, 0.5) is 0 Å². The fourth-order valence-electron chi connectivity index (χ4n) is 2.59. The summed E-state index contributed by atoms with van der Waals surface area (Å²) in [5.74, 6) is 0.920. The number of amides is 1. The Morgan fingerprint density at radius 3 is 2.47 bits per heavy atom. The van der Waals surface area contributed by atoms with Gasteiger partial charge in [0.2, 0.25) is 5.91 Å². The predicted octanol–water partition coefficient (Wildman–Crippen LogP) is 3.90. The highest BCUT2D eigenvalue weighted by molar-refractivity contribution is 5.76. The molecule has 17 heavy (non-hydrogen) atoms. The lowest BCUT2D eigenvalue weighted by molar-refractivity contribution is -0.122. The number of carbonyl (C=O) groups excluding carboxylic acids is 1. The third-order valence-electron chi connectivity index (χ3n) is 3.79. The highest BCUT2D eigenvalue weighted by Crippen LogP contribution is 2.24. The number of hydrogen-bond acceptors (Lipinski definition) is 1. The Morgan fingerprint density at radius 2 is 1.88 bits per heavy atom. The molecule has 100 valence electrons. The Labute approximate surface area is 107 Å². The normalized spacial score (nSPS) is 25.6. The summed E-state index contributed by atoms with van der Waals surface area (Å²) in [6, 6.07) is 0.436. The van der Waals surface area contributed by atoms with Crippen LogP contribution in [0.1, 0.15) is 72.6 Å². The lowest BCUT2D eigenvalue weighted by Gasteiger charge is -2.29. The molecule has 1 N–H and O–H groups in total. The molecule has 2 nitrogen and oxygen atoms in total. The Morgan fingerprint density at radius 1 is 1.24 bits per heavy atom. The lowest BCUT2D eigenvalue weighted by Crippen LogP contribution is -2.41. The van der Waals surface area contributed by atoms with Gasteiger partial charge < -0.3 is 5.32 Å². The minimum atomic E-state index is 0.257. The van der Waals surface area contributed by atoms with Gasteiger partial charge in [-0.15, -0.1) is 0 Å². The van der Waals surface area contributed by atoms with Crippen LogP contribution in [-0.2, 0) is 4.79 Å². The van der Waals surface area contributed by atoms with Gasteiger partial charge in [-0.25, -0.2) is 0 Å². The lowest BCUT2D eigenvalue weighted by atomic mass is 9.85. The first-order chi connectivity index (χ1) is 7.88. The molecule has 2 atom stereocenters. The molecule has 1 aliphatic rings.